The van der Waals surface area contributed by atoms with Crippen LogP contribution in [0.5, 0.6) is 0 Å². The average Bonchev–Trinajstić information content (AvgIpc) is 2.53. The zero-order valence-electron chi connectivity index (χ0n) is 16.3. The van der Waals surface area contributed by atoms with Gasteiger partial charge in [0.05, 0.1) is 0 Å². The van der Waals surface area contributed by atoms with Crippen LogP contribution < -0.4 is 0 Å². The van der Waals surface area contributed by atoms with Gasteiger partial charge in [-0.1, -0.05) is 27.7 Å². The van der Waals surface area contributed by atoms with E-state index in [1.54, 1.807) is 0 Å². The van der Waals surface area contributed by atoms with Crippen LogP contribution in [0.4, 0.5) is 0 Å². The van der Waals surface area contributed by atoms with Crippen LogP contribution in [0.15, 0.2) is 0 Å². The van der Waals surface area contributed by atoms with Gasteiger partial charge in [0, 0.05) is 12.8 Å². The maximum absolute atomic E-state index is 11.8. The van der Waals surface area contributed by atoms with Gasteiger partial charge in [-0.2, -0.15) is 0 Å². The van der Waals surface area contributed by atoms with Gasteiger partial charge in [0.1, 0.15) is 0 Å². The summed E-state index contributed by atoms with van der Waals surface area (Å²) in [7, 11) is 0. The molecule has 0 aromatic heterocycles. The van der Waals surface area contributed by atoms with Crippen molar-refractivity contribution in [3.8, 4) is 0 Å². The summed E-state index contributed by atoms with van der Waals surface area (Å²) in [6, 6.07) is 0. The first-order valence-electron chi connectivity index (χ1n) is 9.26. The molecule has 6 heteroatoms. The third-order valence-corrected chi connectivity index (χ3v) is 4.27. The van der Waals surface area contributed by atoms with Gasteiger partial charge in [-0.25, -0.2) is 0 Å². The SMILES string of the molecule is CCN(CC)C(C)OC(=O)CCCCC(=O)OC(C)N(CC)CC. The lowest BCUT2D eigenvalue weighted by molar-refractivity contribution is -0.159. The Kier molecular flexibility index (Phi) is 12.6. The topological polar surface area (TPSA) is 59.1 Å². The van der Waals surface area contributed by atoms with Crippen LogP contribution in [0.3, 0.4) is 0 Å². The Bertz CT molecular complexity index is 321. The Morgan fingerprint density at radius 1 is 0.708 bits per heavy atom. The lowest BCUT2D eigenvalue weighted by Gasteiger charge is -2.26. The van der Waals surface area contributed by atoms with E-state index in [1.165, 1.54) is 0 Å². The van der Waals surface area contributed by atoms with E-state index in [0.717, 1.165) is 26.2 Å². The van der Waals surface area contributed by atoms with Crippen molar-refractivity contribution in [2.24, 2.45) is 0 Å². The van der Waals surface area contributed by atoms with Gasteiger partial charge >= 0.3 is 11.9 Å². The molecule has 0 aliphatic rings. The second-order valence-corrected chi connectivity index (χ2v) is 5.83. The van der Waals surface area contributed by atoms with Crippen molar-refractivity contribution in [2.75, 3.05) is 26.2 Å². The Hall–Kier alpha value is -1.14. The molecule has 0 saturated carbocycles. The van der Waals surface area contributed by atoms with Gasteiger partial charge in [0.25, 0.3) is 0 Å². The largest absolute Gasteiger partial charge is 0.447 e. The summed E-state index contributed by atoms with van der Waals surface area (Å²) < 4.78 is 10.8. The van der Waals surface area contributed by atoms with E-state index in [0.29, 0.717) is 25.7 Å². The second-order valence-electron chi connectivity index (χ2n) is 5.83. The number of hydrogen-bond donors (Lipinski definition) is 0. The first-order valence-corrected chi connectivity index (χ1v) is 9.26. The number of ether oxygens (including phenoxy) is 2. The molecule has 0 saturated heterocycles. The fourth-order valence-corrected chi connectivity index (χ4v) is 2.66. The number of rotatable bonds is 13. The Balaban J connectivity index is 3.92. The van der Waals surface area contributed by atoms with Crippen molar-refractivity contribution in [2.45, 2.75) is 79.7 Å². The molecule has 0 rings (SSSR count). The summed E-state index contributed by atoms with van der Waals surface area (Å²) in [4.78, 5) is 27.8. The molecule has 0 radical (unpaired) electrons. The summed E-state index contributed by atoms with van der Waals surface area (Å²) in [5.74, 6) is -0.418. The second kappa shape index (κ2) is 13.2. The van der Waals surface area contributed by atoms with Crippen molar-refractivity contribution >= 4 is 11.9 Å². The summed E-state index contributed by atoms with van der Waals surface area (Å²) >= 11 is 0. The predicted molar refractivity (Wildman–Crippen MR) is 95.4 cm³/mol. The van der Waals surface area contributed by atoms with E-state index < -0.39 is 0 Å². The number of unbranched alkanes of at least 4 members (excludes halogenated alkanes) is 1. The quantitative estimate of drug-likeness (QED) is 0.291. The molecule has 2 atom stereocenters. The minimum Gasteiger partial charge on any atom is -0.447 e. The highest BCUT2D eigenvalue weighted by molar-refractivity contribution is 5.70. The van der Waals surface area contributed by atoms with Crippen molar-refractivity contribution in [1.82, 2.24) is 9.80 Å². The third kappa shape index (κ3) is 9.23. The summed E-state index contributed by atoms with van der Waals surface area (Å²) in [5, 5.41) is 0. The van der Waals surface area contributed by atoms with E-state index in [4.69, 9.17) is 9.47 Å². The van der Waals surface area contributed by atoms with Crippen LogP contribution in [0.25, 0.3) is 0 Å². The first-order chi connectivity index (χ1) is 11.4. The molecule has 6 nitrogen and oxygen atoms in total. The predicted octanol–water partition coefficient (Wildman–Crippen LogP) is 3.01. The molecule has 0 heterocycles. The van der Waals surface area contributed by atoms with Gasteiger partial charge in [-0.15, -0.1) is 0 Å². The van der Waals surface area contributed by atoms with E-state index in [1.807, 2.05) is 41.5 Å². The maximum atomic E-state index is 11.8. The van der Waals surface area contributed by atoms with Crippen LogP contribution >= 0.6 is 0 Å². The molecule has 0 N–H and O–H groups in total. The Morgan fingerprint density at radius 2 is 1.00 bits per heavy atom. The molecule has 2 unspecified atom stereocenters. The zero-order chi connectivity index (χ0) is 18.5. The lowest BCUT2D eigenvalue weighted by atomic mass is 10.2. The number of carbonyl (C=O) groups excluding carboxylic acids is 2. The molecule has 142 valence electrons. The summed E-state index contributed by atoms with van der Waals surface area (Å²) in [5.41, 5.74) is 0. The Labute approximate surface area is 147 Å². The highest BCUT2D eigenvalue weighted by Crippen LogP contribution is 2.08. The average molecular weight is 344 g/mol. The molecule has 0 bridgehead atoms. The van der Waals surface area contributed by atoms with E-state index in [-0.39, 0.29) is 24.4 Å². The van der Waals surface area contributed by atoms with Crippen molar-refractivity contribution in [3.05, 3.63) is 0 Å². The molecule has 0 aromatic rings. The number of esters is 2. The summed E-state index contributed by atoms with van der Waals surface area (Å²) in [6.45, 7) is 15.3. The summed E-state index contributed by atoms with van der Waals surface area (Å²) in [6.07, 6.45) is 1.55. The van der Waals surface area contributed by atoms with E-state index in [2.05, 4.69) is 9.80 Å². The minimum atomic E-state index is -0.209. The van der Waals surface area contributed by atoms with Crippen molar-refractivity contribution in [1.29, 1.82) is 0 Å². The van der Waals surface area contributed by atoms with Crippen LogP contribution in [-0.4, -0.2) is 60.4 Å². The normalized spacial score (nSPS) is 13.8. The first kappa shape index (κ1) is 22.9. The molecule has 0 aliphatic carbocycles. The van der Waals surface area contributed by atoms with Crippen molar-refractivity contribution < 1.29 is 19.1 Å². The highest BCUT2D eigenvalue weighted by Gasteiger charge is 2.16. The molecule has 0 spiro atoms. The number of carbonyl (C=O) groups is 2. The molecular formula is C18H36N2O4. The van der Waals surface area contributed by atoms with Gasteiger partial charge in [-0.05, 0) is 52.9 Å². The third-order valence-electron chi connectivity index (χ3n) is 4.27. The van der Waals surface area contributed by atoms with Crippen LogP contribution in [0.1, 0.15) is 67.2 Å². The Morgan fingerprint density at radius 3 is 1.25 bits per heavy atom. The standard InChI is InChI=1S/C18H36N2O4/c1-7-19(8-2)15(5)23-17(21)13-11-12-14-18(22)24-16(6)20(9-3)10-4/h15-16H,7-14H2,1-6H3. The lowest BCUT2D eigenvalue weighted by Crippen LogP contribution is -2.36. The molecule has 0 aromatic carbocycles. The van der Waals surface area contributed by atoms with Crippen LogP contribution in [0.2, 0.25) is 0 Å². The fourth-order valence-electron chi connectivity index (χ4n) is 2.66. The molecule has 0 amide bonds. The van der Waals surface area contributed by atoms with Crippen molar-refractivity contribution in [3.63, 3.8) is 0 Å². The fraction of sp³-hybridized carbons (Fsp3) is 0.889. The number of hydrogen-bond acceptors (Lipinski definition) is 6. The smallest absolute Gasteiger partial charge is 0.307 e. The van der Waals surface area contributed by atoms with E-state index >= 15 is 0 Å². The molecule has 0 fully saturated rings. The highest BCUT2D eigenvalue weighted by atomic mass is 16.6. The van der Waals surface area contributed by atoms with Gasteiger partial charge in [0.15, 0.2) is 12.5 Å². The monoisotopic (exact) mass is 344 g/mol. The van der Waals surface area contributed by atoms with Crippen LogP contribution in [0, 0.1) is 0 Å². The van der Waals surface area contributed by atoms with Crippen LogP contribution in [-0.2, 0) is 19.1 Å². The molecule has 0 aliphatic heterocycles. The molecular weight excluding hydrogens is 308 g/mol. The molecule has 24 heavy (non-hydrogen) atoms. The number of nitrogens with zero attached hydrogens (tertiary/aromatic N) is 2. The van der Waals surface area contributed by atoms with Gasteiger partial charge in [0.2, 0.25) is 0 Å². The zero-order valence-corrected chi connectivity index (χ0v) is 16.3. The maximum Gasteiger partial charge on any atom is 0.307 e. The van der Waals surface area contributed by atoms with Gasteiger partial charge < -0.3 is 9.47 Å². The van der Waals surface area contributed by atoms with Gasteiger partial charge in [-0.3, -0.25) is 19.4 Å². The van der Waals surface area contributed by atoms with E-state index in [9.17, 15) is 9.59 Å². The minimum absolute atomic E-state index is 0.201.